The first-order valence-electron chi connectivity index (χ1n) is 8.61. The molecule has 5 nitrogen and oxygen atoms in total. The van der Waals surface area contributed by atoms with E-state index in [-0.39, 0.29) is 12.1 Å². The second-order valence-electron chi connectivity index (χ2n) is 6.69. The summed E-state index contributed by atoms with van der Waals surface area (Å²) in [5.41, 5.74) is 1.08. The molecule has 2 fully saturated rings. The third-order valence-corrected chi connectivity index (χ3v) is 5.19. The SMILES string of the molecule is CCN1CCC2CCC(C1)N2C(=O)C(=O)Nc1cc(F)ccc1C. The molecule has 6 heteroatoms. The summed E-state index contributed by atoms with van der Waals surface area (Å²) in [6.45, 7) is 6.63. The lowest BCUT2D eigenvalue weighted by molar-refractivity contribution is -0.145. The number of nitrogens with one attached hydrogen (secondary N) is 1. The summed E-state index contributed by atoms with van der Waals surface area (Å²) in [4.78, 5) is 29.2. The van der Waals surface area contributed by atoms with Crippen LogP contribution in [-0.2, 0) is 9.59 Å². The predicted octanol–water partition coefficient (Wildman–Crippen LogP) is 2.16. The Morgan fingerprint density at radius 3 is 2.75 bits per heavy atom. The summed E-state index contributed by atoms with van der Waals surface area (Å²) < 4.78 is 13.4. The topological polar surface area (TPSA) is 52.7 Å². The molecule has 1 N–H and O–H groups in total. The van der Waals surface area contributed by atoms with Gasteiger partial charge in [-0.25, -0.2) is 4.39 Å². The van der Waals surface area contributed by atoms with Gasteiger partial charge in [0, 0.05) is 30.9 Å². The molecule has 130 valence electrons. The number of carbonyl (C=O) groups is 2. The molecule has 0 saturated carbocycles. The fourth-order valence-electron chi connectivity index (χ4n) is 3.79. The first-order valence-corrected chi connectivity index (χ1v) is 8.61. The summed E-state index contributed by atoms with van der Waals surface area (Å²) in [6.07, 6.45) is 2.81. The molecule has 2 aliphatic rings. The van der Waals surface area contributed by atoms with Crippen molar-refractivity contribution in [1.29, 1.82) is 0 Å². The number of fused-ring (bicyclic) bond motifs is 2. The number of nitrogens with zero attached hydrogens (tertiary/aromatic N) is 2. The highest BCUT2D eigenvalue weighted by atomic mass is 19.1. The number of likely N-dealkylation sites (N-methyl/N-ethyl adjacent to an activating group) is 1. The Balaban J connectivity index is 1.73. The lowest BCUT2D eigenvalue weighted by atomic mass is 10.1. The van der Waals surface area contributed by atoms with Crippen LogP contribution in [-0.4, -0.2) is 53.3 Å². The fourth-order valence-corrected chi connectivity index (χ4v) is 3.79. The molecular weight excluding hydrogens is 309 g/mol. The van der Waals surface area contributed by atoms with Gasteiger partial charge < -0.3 is 15.1 Å². The third kappa shape index (κ3) is 3.29. The summed E-state index contributed by atoms with van der Waals surface area (Å²) >= 11 is 0. The van der Waals surface area contributed by atoms with Gasteiger partial charge in [-0.2, -0.15) is 0 Å². The van der Waals surface area contributed by atoms with Crippen molar-refractivity contribution >= 4 is 17.5 Å². The number of aryl methyl sites for hydroxylation is 1. The second kappa shape index (κ2) is 6.89. The van der Waals surface area contributed by atoms with E-state index in [1.54, 1.807) is 17.9 Å². The number of amides is 2. The number of carbonyl (C=O) groups excluding carboxylic acids is 2. The van der Waals surface area contributed by atoms with Gasteiger partial charge in [0.15, 0.2) is 0 Å². The zero-order valence-corrected chi connectivity index (χ0v) is 14.2. The van der Waals surface area contributed by atoms with Gasteiger partial charge in [0.2, 0.25) is 0 Å². The number of hydrogen-bond donors (Lipinski definition) is 1. The molecule has 2 amide bonds. The van der Waals surface area contributed by atoms with Gasteiger partial charge in [0.05, 0.1) is 0 Å². The Bertz CT molecular complexity index is 649. The first kappa shape index (κ1) is 16.9. The van der Waals surface area contributed by atoms with Gasteiger partial charge in [-0.05, 0) is 50.4 Å². The smallest absolute Gasteiger partial charge is 0.313 e. The zero-order chi connectivity index (χ0) is 17.3. The molecule has 0 radical (unpaired) electrons. The molecule has 1 aromatic rings. The van der Waals surface area contributed by atoms with Gasteiger partial charge in [-0.1, -0.05) is 13.0 Å². The summed E-state index contributed by atoms with van der Waals surface area (Å²) in [5.74, 6) is -1.61. The zero-order valence-electron chi connectivity index (χ0n) is 14.2. The number of anilines is 1. The second-order valence-corrected chi connectivity index (χ2v) is 6.69. The van der Waals surface area contributed by atoms with Crippen molar-refractivity contribution < 1.29 is 14.0 Å². The van der Waals surface area contributed by atoms with Crippen molar-refractivity contribution in [2.24, 2.45) is 0 Å². The van der Waals surface area contributed by atoms with Crippen molar-refractivity contribution in [3.05, 3.63) is 29.6 Å². The molecule has 2 aliphatic heterocycles. The Morgan fingerprint density at radius 2 is 2.00 bits per heavy atom. The maximum absolute atomic E-state index is 13.4. The average molecular weight is 333 g/mol. The van der Waals surface area contributed by atoms with E-state index in [4.69, 9.17) is 0 Å². The molecule has 2 atom stereocenters. The molecule has 3 rings (SSSR count). The van der Waals surface area contributed by atoms with E-state index >= 15 is 0 Å². The standard InChI is InChI=1S/C18H24FN3O2/c1-3-21-9-8-14-6-7-15(11-21)22(14)18(24)17(23)20-16-10-13(19)5-4-12(16)2/h4-5,10,14-15H,3,6-9,11H2,1-2H3,(H,20,23). The van der Waals surface area contributed by atoms with Gasteiger partial charge in [-0.3, -0.25) is 9.59 Å². The lowest BCUT2D eigenvalue weighted by Crippen LogP contribution is -2.47. The average Bonchev–Trinajstić information content (AvgIpc) is 2.85. The van der Waals surface area contributed by atoms with Crippen LogP contribution in [0.5, 0.6) is 0 Å². The van der Waals surface area contributed by atoms with Crippen molar-refractivity contribution in [2.45, 2.75) is 45.2 Å². The highest BCUT2D eigenvalue weighted by Gasteiger charge is 2.41. The van der Waals surface area contributed by atoms with Crippen LogP contribution in [0.2, 0.25) is 0 Å². The highest BCUT2D eigenvalue weighted by molar-refractivity contribution is 6.39. The molecule has 2 saturated heterocycles. The van der Waals surface area contributed by atoms with Gasteiger partial charge in [-0.15, -0.1) is 0 Å². The highest BCUT2D eigenvalue weighted by Crippen LogP contribution is 2.30. The van der Waals surface area contributed by atoms with Crippen molar-refractivity contribution in [3.8, 4) is 0 Å². The summed E-state index contributed by atoms with van der Waals surface area (Å²) in [7, 11) is 0. The van der Waals surface area contributed by atoms with Crippen molar-refractivity contribution in [1.82, 2.24) is 9.80 Å². The molecule has 0 spiro atoms. The predicted molar refractivity (Wildman–Crippen MR) is 90.2 cm³/mol. The van der Waals surface area contributed by atoms with Crippen LogP contribution in [0.3, 0.4) is 0 Å². The van der Waals surface area contributed by atoms with Crippen molar-refractivity contribution in [3.63, 3.8) is 0 Å². The van der Waals surface area contributed by atoms with Crippen LogP contribution in [0.4, 0.5) is 10.1 Å². The minimum Gasteiger partial charge on any atom is -0.327 e. The maximum atomic E-state index is 13.4. The molecule has 24 heavy (non-hydrogen) atoms. The van der Waals surface area contributed by atoms with Crippen LogP contribution in [0.15, 0.2) is 18.2 Å². The van der Waals surface area contributed by atoms with Crippen LogP contribution in [0.25, 0.3) is 0 Å². The van der Waals surface area contributed by atoms with E-state index in [1.165, 1.54) is 12.1 Å². The maximum Gasteiger partial charge on any atom is 0.313 e. The Morgan fingerprint density at radius 1 is 1.25 bits per heavy atom. The number of likely N-dealkylation sites (tertiary alicyclic amines) is 1. The number of halogens is 1. The van der Waals surface area contributed by atoms with E-state index < -0.39 is 17.6 Å². The summed E-state index contributed by atoms with van der Waals surface area (Å²) in [6, 6.07) is 4.41. The molecule has 2 bridgehead atoms. The quantitative estimate of drug-likeness (QED) is 0.844. The Labute approximate surface area is 141 Å². The van der Waals surface area contributed by atoms with Crippen LogP contribution >= 0.6 is 0 Å². The Hall–Kier alpha value is -1.95. The van der Waals surface area contributed by atoms with E-state index in [9.17, 15) is 14.0 Å². The van der Waals surface area contributed by atoms with Crippen molar-refractivity contribution in [2.75, 3.05) is 25.0 Å². The number of benzene rings is 1. The molecule has 0 aromatic heterocycles. The fraction of sp³-hybridized carbons (Fsp3) is 0.556. The van der Waals surface area contributed by atoms with E-state index in [0.717, 1.165) is 44.5 Å². The van der Waals surface area contributed by atoms with Crippen LogP contribution < -0.4 is 5.32 Å². The van der Waals surface area contributed by atoms with E-state index in [2.05, 4.69) is 17.1 Å². The number of rotatable bonds is 2. The largest absolute Gasteiger partial charge is 0.327 e. The third-order valence-electron chi connectivity index (χ3n) is 5.19. The molecule has 1 aromatic carbocycles. The first-order chi connectivity index (χ1) is 11.5. The minimum atomic E-state index is -0.675. The van der Waals surface area contributed by atoms with E-state index in [1.807, 2.05) is 0 Å². The van der Waals surface area contributed by atoms with Gasteiger partial charge in [0.25, 0.3) is 0 Å². The monoisotopic (exact) mass is 333 g/mol. The molecule has 2 heterocycles. The lowest BCUT2D eigenvalue weighted by Gasteiger charge is -2.28. The van der Waals surface area contributed by atoms with Crippen LogP contribution in [0, 0.1) is 12.7 Å². The molecular formula is C18H24FN3O2. The minimum absolute atomic E-state index is 0.101. The van der Waals surface area contributed by atoms with E-state index in [0.29, 0.717) is 5.69 Å². The Kier molecular flexibility index (Phi) is 4.85. The van der Waals surface area contributed by atoms with Crippen LogP contribution in [0.1, 0.15) is 31.7 Å². The summed E-state index contributed by atoms with van der Waals surface area (Å²) in [5, 5.41) is 2.58. The molecule has 2 unspecified atom stereocenters. The normalized spacial score (nSPS) is 23.9. The number of hydrogen-bond acceptors (Lipinski definition) is 3. The molecule has 0 aliphatic carbocycles. The van der Waals surface area contributed by atoms with Gasteiger partial charge in [0.1, 0.15) is 5.82 Å². The van der Waals surface area contributed by atoms with Gasteiger partial charge >= 0.3 is 11.8 Å².